The highest BCUT2D eigenvalue weighted by molar-refractivity contribution is 6.35. The Morgan fingerprint density at radius 2 is 2.05 bits per heavy atom. The summed E-state index contributed by atoms with van der Waals surface area (Å²) in [6, 6.07) is 9.34. The molecule has 0 fully saturated rings. The number of aromatic hydroxyl groups is 1. The quantitative estimate of drug-likeness (QED) is 0.754. The summed E-state index contributed by atoms with van der Waals surface area (Å²) in [5, 5.41) is 22.0. The molecule has 0 bridgehead atoms. The number of H-pyrrole nitrogens is 1. The van der Waals surface area contributed by atoms with E-state index in [2.05, 4.69) is 22.3 Å². The fourth-order valence-electron chi connectivity index (χ4n) is 2.51. The van der Waals surface area contributed by atoms with Crippen LogP contribution < -0.4 is 0 Å². The van der Waals surface area contributed by atoms with Gasteiger partial charge in [0.15, 0.2) is 0 Å². The first-order valence-electron chi connectivity index (χ1n) is 7.02. The molecule has 21 heavy (non-hydrogen) atoms. The molecule has 0 unspecified atom stereocenters. The average Bonchev–Trinajstić information content (AvgIpc) is 2.95. The molecular formula is C16H16ClN3O. The number of aromatic amines is 1. The molecule has 0 atom stereocenters. The van der Waals surface area contributed by atoms with Gasteiger partial charge >= 0.3 is 0 Å². The summed E-state index contributed by atoms with van der Waals surface area (Å²) in [6.07, 6.45) is 2.98. The molecule has 2 aromatic carbocycles. The third kappa shape index (κ3) is 2.47. The molecule has 0 saturated carbocycles. The summed E-state index contributed by atoms with van der Waals surface area (Å²) in [6.45, 7) is 2.13. The molecule has 1 heterocycles. The SMILES string of the molecule is CCCCc1cccc(-c2c(Cl)ccc3n[nH]nc23)c1O. The van der Waals surface area contributed by atoms with Crippen LogP contribution in [0.15, 0.2) is 30.3 Å². The Morgan fingerprint density at radius 1 is 1.19 bits per heavy atom. The first-order chi connectivity index (χ1) is 10.2. The number of hydrogen-bond donors (Lipinski definition) is 2. The number of benzene rings is 2. The minimum Gasteiger partial charge on any atom is -0.507 e. The highest BCUT2D eigenvalue weighted by Gasteiger charge is 2.16. The lowest BCUT2D eigenvalue weighted by Crippen LogP contribution is -1.90. The van der Waals surface area contributed by atoms with Crippen LogP contribution in [0, 0.1) is 0 Å². The van der Waals surface area contributed by atoms with E-state index in [-0.39, 0.29) is 5.75 Å². The van der Waals surface area contributed by atoms with E-state index >= 15 is 0 Å². The number of aromatic nitrogens is 3. The van der Waals surface area contributed by atoms with E-state index in [1.54, 1.807) is 6.07 Å². The van der Waals surface area contributed by atoms with Gasteiger partial charge in [0.2, 0.25) is 0 Å². The fraction of sp³-hybridized carbons (Fsp3) is 0.250. The third-order valence-corrected chi connectivity index (χ3v) is 3.94. The van der Waals surface area contributed by atoms with Crippen molar-refractivity contribution < 1.29 is 5.11 Å². The van der Waals surface area contributed by atoms with Crippen molar-refractivity contribution in [3.8, 4) is 16.9 Å². The van der Waals surface area contributed by atoms with Crippen LogP contribution in [0.5, 0.6) is 5.75 Å². The second-order valence-corrected chi connectivity index (χ2v) is 5.44. The number of fused-ring (bicyclic) bond motifs is 1. The van der Waals surface area contributed by atoms with Gasteiger partial charge in [-0.3, -0.25) is 0 Å². The normalized spacial score (nSPS) is 11.1. The van der Waals surface area contributed by atoms with Crippen LogP contribution >= 0.6 is 11.6 Å². The first kappa shape index (κ1) is 13.9. The lowest BCUT2D eigenvalue weighted by Gasteiger charge is -2.11. The van der Waals surface area contributed by atoms with Crippen molar-refractivity contribution in [1.29, 1.82) is 0 Å². The Hall–Kier alpha value is -2.07. The number of phenols is 1. The molecule has 0 aliphatic carbocycles. The molecule has 5 heteroatoms. The molecule has 0 spiro atoms. The Labute approximate surface area is 127 Å². The maximum absolute atomic E-state index is 10.6. The Kier molecular flexibility index (Phi) is 3.80. The van der Waals surface area contributed by atoms with Gasteiger partial charge in [0.05, 0.1) is 5.02 Å². The smallest absolute Gasteiger partial charge is 0.126 e. The van der Waals surface area contributed by atoms with Crippen LogP contribution in [0.3, 0.4) is 0 Å². The number of para-hydroxylation sites is 1. The lowest BCUT2D eigenvalue weighted by molar-refractivity contribution is 0.469. The summed E-state index contributed by atoms with van der Waals surface area (Å²) in [4.78, 5) is 0. The predicted octanol–water partition coefficient (Wildman–Crippen LogP) is 4.33. The zero-order valence-corrected chi connectivity index (χ0v) is 12.5. The molecule has 108 valence electrons. The number of nitrogens with zero attached hydrogens (tertiary/aromatic N) is 2. The summed E-state index contributed by atoms with van der Waals surface area (Å²) in [5.41, 5.74) is 3.76. The van der Waals surface area contributed by atoms with Crippen molar-refractivity contribution in [2.75, 3.05) is 0 Å². The van der Waals surface area contributed by atoms with Crippen molar-refractivity contribution in [1.82, 2.24) is 15.4 Å². The van der Waals surface area contributed by atoms with E-state index in [0.717, 1.165) is 35.9 Å². The van der Waals surface area contributed by atoms with Gasteiger partial charge in [-0.25, -0.2) is 0 Å². The van der Waals surface area contributed by atoms with E-state index in [9.17, 15) is 5.11 Å². The van der Waals surface area contributed by atoms with E-state index in [1.807, 2.05) is 24.3 Å². The minimum absolute atomic E-state index is 0.281. The zero-order chi connectivity index (χ0) is 14.8. The molecule has 0 aliphatic rings. The summed E-state index contributed by atoms with van der Waals surface area (Å²) < 4.78 is 0. The summed E-state index contributed by atoms with van der Waals surface area (Å²) in [7, 11) is 0. The second kappa shape index (κ2) is 5.74. The molecule has 1 aromatic heterocycles. The zero-order valence-electron chi connectivity index (χ0n) is 11.7. The van der Waals surface area contributed by atoms with E-state index in [1.165, 1.54) is 0 Å². The van der Waals surface area contributed by atoms with Crippen molar-refractivity contribution in [2.24, 2.45) is 0 Å². The van der Waals surface area contributed by atoms with Gasteiger partial charge in [0, 0.05) is 11.1 Å². The van der Waals surface area contributed by atoms with Crippen molar-refractivity contribution in [2.45, 2.75) is 26.2 Å². The number of rotatable bonds is 4. The number of halogens is 1. The van der Waals surface area contributed by atoms with Gasteiger partial charge in [0.25, 0.3) is 0 Å². The van der Waals surface area contributed by atoms with Gasteiger partial charge in [-0.15, -0.1) is 0 Å². The van der Waals surface area contributed by atoms with Crippen LogP contribution in [-0.4, -0.2) is 20.5 Å². The maximum Gasteiger partial charge on any atom is 0.126 e. The molecule has 0 saturated heterocycles. The Balaban J connectivity index is 2.19. The number of unbranched alkanes of at least 4 members (excludes halogenated alkanes) is 1. The predicted molar refractivity (Wildman–Crippen MR) is 84.6 cm³/mol. The van der Waals surface area contributed by atoms with Gasteiger partial charge in [-0.1, -0.05) is 43.1 Å². The molecule has 3 rings (SSSR count). The van der Waals surface area contributed by atoms with Crippen molar-refractivity contribution in [3.05, 3.63) is 40.9 Å². The molecule has 0 radical (unpaired) electrons. The van der Waals surface area contributed by atoms with E-state index in [4.69, 9.17) is 11.6 Å². The molecule has 3 aromatic rings. The molecule has 4 nitrogen and oxygen atoms in total. The van der Waals surface area contributed by atoms with E-state index < -0.39 is 0 Å². The highest BCUT2D eigenvalue weighted by Crippen LogP contribution is 2.40. The van der Waals surface area contributed by atoms with Crippen LogP contribution in [0.4, 0.5) is 0 Å². The molecule has 0 amide bonds. The number of nitrogens with one attached hydrogen (secondary N) is 1. The second-order valence-electron chi connectivity index (χ2n) is 5.03. The highest BCUT2D eigenvalue weighted by atomic mass is 35.5. The van der Waals surface area contributed by atoms with E-state index in [0.29, 0.717) is 16.1 Å². The van der Waals surface area contributed by atoms with Crippen molar-refractivity contribution in [3.63, 3.8) is 0 Å². The van der Waals surface area contributed by atoms with Crippen LogP contribution in [0.1, 0.15) is 25.3 Å². The van der Waals surface area contributed by atoms with Crippen LogP contribution in [0.2, 0.25) is 5.02 Å². The molecular weight excluding hydrogens is 286 g/mol. The first-order valence-corrected chi connectivity index (χ1v) is 7.40. The van der Waals surface area contributed by atoms with Gasteiger partial charge in [-0.05, 0) is 30.5 Å². The van der Waals surface area contributed by atoms with Crippen LogP contribution in [-0.2, 0) is 6.42 Å². The number of phenolic OH excluding ortho intramolecular Hbond substituents is 1. The van der Waals surface area contributed by atoms with Crippen molar-refractivity contribution >= 4 is 22.6 Å². The van der Waals surface area contributed by atoms with Gasteiger partial charge in [0.1, 0.15) is 16.8 Å². The monoisotopic (exact) mass is 301 g/mol. The lowest BCUT2D eigenvalue weighted by atomic mass is 9.98. The van der Waals surface area contributed by atoms with Crippen LogP contribution in [0.25, 0.3) is 22.2 Å². The maximum atomic E-state index is 10.6. The van der Waals surface area contributed by atoms with Gasteiger partial charge < -0.3 is 5.11 Å². The Bertz CT molecular complexity index is 782. The standard InChI is InChI=1S/C16H16ClN3O/c1-2-3-5-10-6-4-7-11(16(10)21)14-12(17)8-9-13-15(14)19-20-18-13/h4,6-9,21H,2-3,5H2,1H3,(H,18,19,20). The van der Waals surface area contributed by atoms with Gasteiger partial charge in [-0.2, -0.15) is 15.4 Å². The number of hydrogen-bond acceptors (Lipinski definition) is 3. The average molecular weight is 302 g/mol. The molecule has 0 aliphatic heterocycles. The topological polar surface area (TPSA) is 61.8 Å². The third-order valence-electron chi connectivity index (χ3n) is 3.63. The fourth-order valence-corrected chi connectivity index (χ4v) is 2.76. The minimum atomic E-state index is 0.281. The molecule has 2 N–H and O–H groups in total. The number of aryl methyl sites for hydroxylation is 1. The summed E-state index contributed by atoms with van der Waals surface area (Å²) >= 11 is 6.33. The largest absolute Gasteiger partial charge is 0.507 e. The summed E-state index contributed by atoms with van der Waals surface area (Å²) in [5.74, 6) is 0.281. The Morgan fingerprint density at radius 3 is 2.86 bits per heavy atom.